The lowest BCUT2D eigenvalue weighted by Gasteiger charge is -2.35. The highest BCUT2D eigenvalue weighted by atomic mass is 19.2. The summed E-state index contributed by atoms with van der Waals surface area (Å²) in [6, 6.07) is 4.28. The number of aryl methyl sites for hydroxylation is 1. The molecule has 2 N–H and O–H groups in total. The number of aromatic nitrogens is 3. The van der Waals surface area contributed by atoms with Gasteiger partial charge in [-0.3, -0.25) is 10.2 Å². The van der Waals surface area contributed by atoms with Crippen molar-refractivity contribution in [2.45, 2.75) is 69.7 Å². The maximum Gasteiger partial charge on any atom is 0.319 e. The number of halogens is 5. The van der Waals surface area contributed by atoms with Crippen LogP contribution in [-0.4, -0.2) is 75.9 Å². The molecule has 0 amide bonds. The Balaban J connectivity index is 1.44. The summed E-state index contributed by atoms with van der Waals surface area (Å²) in [6.45, 7) is 2.78. The summed E-state index contributed by atoms with van der Waals surface area (Å²) >= 11 is 0. The fourth-order valence-electron chi connectivity index (χ4n) is 7.58. The fourth-order valence-corrected chi connectivity index (χ4v) is 7.58. The van der Waals surface area contributed by atoms with Crippen molar-refractivity contribution in [3.05, 3.63) is 47.4 Å². The highest BCUT2D eigenvalue weighted by molar-refractivity contribution is 6.01. The van der Waals surface area contributed by atoms with Crippen LogP contribution in [0.4, 0.5) is 27.8 Å². The molecule has 2 aromatic carbocycles. The molecule has 0 bridgehead atoms. The highest BCUT2D eigenvalue weighted by Crippen LogP contribution is 2.42. The van der Waals surface area contributed by atoms with Crippen LogP contribution in [-0.2, 0) is 6.42 Å². The van der Waals surface area contributed by atoms with Crippen LogP contribution in [0.1, 0.15) is 51.1 Å². The molecule has 2 atom stereocenters. The molecule has 2 aromatic heterocycles. The van der Waals surface area contributed by atoms with Crippen molar-refractivity contribution in [2.75, 3.05) is 37.9 Å². The summed E-state index contributed by atoms with van der Waals surface area (Å²) in [5.74, 6) is -3.36. The van der Waals surface area contributed by atoms with Crippen molar-refractivity contribution >= 4 is 27.5 Å². The molecule has 4 aromatic rings. The number of fused-ring (bicyclic) bond motifs is 2. The molecule has 7 rings (SSSR count). The third kappa shape index (κ3) is 5.26. The maximum atomic E-state index is 16.9. The molecule has 2 unspecified atom stereocenters. The van der Waals surface area contributed by atoms with Crippen molar-refractivity contribution in [1.29, 1.82) is 0 Å². The Hall–Kier alpha value is -3.84. The molecule has 0 radical (unpaired) electrons. The van der Waals surface area contributed by atoms with Gasteiger partial charge in [-0.15, -0.1) is 0 Å². The molecule has 244 valence electrons. The van der Waals surface area contributed by atoms with Gasteiger partial charge in [0.1, 0.15) is 36.2 Å². The molecule has 5 heterocycles. The zero-order valence-electron chi connectivity index (χ0n) is 25.4. The van der Waals surface area contributed by atoms with Gasteiger partial charge in [-0.25, -0.2) is 26.9 Å². The van der Waals surface area contributed by atoms with Crippen LogP contribution in [0.2, 0.25) is 0 Å². The van der Waals surface area contributed by atoms with E-state index in [0.717, 1.165) is 50.9 Å². The third-order valence-corrected chi connectivity index (χ3v) is 9.84. The van der Waals surface area contributed by atoms with E-state index in [1.54, 1.807) is 4.90 Å². The first-order chi connectivity index (χ1) is 22.2. The van der Waals surface area contributed by atoms with E-state index in [1.165, 1.54) is 12.1 Å². The number of ether oxygens (including phenoxy) is 1. The number of nitrogens with one attached hydrogen (secondary N) is 1. The molecule has 2 fully saturated rings. The molecular weight excluding hydrogens is 607 g/mol. The quantitative estimate of drug-likeness (QED) is 0.171. The largest absolute Gasteiger partial charge is 0.508 e. The maximum absolute atomic E-state index is 16.9. The van der Waals surface area contributed by atoms with Gasteiger partial charge in [0, 0.05) is 17.0 Å². The number of alkyl halides is 2. The Labute approximate surface area is 262 Å². The minimum absolute atomic E-state index is 0.109. The molecule has 46 heavy (non-hydrogen) atoms. The Morgan fingerprint density at radius 1 is 1.04 bits per heavy atom. The molecule has 3 aliphatic rings. The second-order valence-electron chi connectivity index (χ2n) is 12.6. The van der Waals surface area contributed by atoms with Gasteiger partial charge in [0.05, 0.1) is 23.2 Å². The van der Waals surface area contributed by atoms with Gasteiger partial charge in [-0.1, -0.05) is 6.07 Å². The third-order valence-electron chi connectivity index (χ3n) is 9.84. The summed E-state index contributed by atoms with van der Waals surface area (Å²) in [4.78, 5) is 17.9. The number of rotatable bonds is 8. The van der Waals surface area contributed by atoms with Gasteiger partial charge in [0.25, 0.3) is 0 Å². The average Bonchev–Trinajstić information content (AvgIpc) is 3.61. The summed E-state index contributed by atoms with van der Waals surface area (Å²) in [7, 11) is 0. The number of hydrogen-bond acceptors (Lipinski definition) is 8. The predicted molar refractivity (Wildman–Crippen MR) is 164 cm³/mol. The molecule has 3 aliphatic heterocycles. The number of anilines is 1. The van der Waals surface area contributed by atoms with Crippen molar-refractivity contribution in [2.24, 2.45) is 0 Å². The second-order valence-corrected chi connectivity index (χ2v) is 12.6. The monoisotopic (exact) mass is 642 g/mol. The van der Waals surface area contributed by atoms with E-state index in [-0.39, 0.29) is 75.2 Å². The number of phenols is 1. The lowest BCUT2D eigenvalue weighted by atomic mass is 9.95. The van der Waals surface area contributed by atoms with Crippen molar-refractivity contribution in [1.82, 2.24) is 25.2 Å². The summed E-state index contributed by atoms with van der Waals surface area (Å²) in [5, 5.41) is 12.8. The summed E-state index contributed by atoms with van der Waals surface area (Å²) in [6.07, 6.45) is 3.78. The number of pyridine rings is 1. The van der Waals surface area contributed by atoms with E-state index in [1.807, 2.05) is 6.92 Å². The predicted octanol–water partition coefficient (Wildman–Crippen LogP) is 6.32. The Morgan fingerprint density at radius 3 is 2.59 bits per heavy atom. The van der Waals surface area contributed by atoms with E-state index in [9.17, 15) is 18.3 Å². The summed E-state index contributed by atoms with van der Waals surface area (Å²) in [5.41, 5.74) is -0.416. The molecular formula is C33H35F5N6O2. The van der Waals surface area contributed by atoms with E-state index in [2.05, 4.69) is 20.2 Å². The molecule has 0 saturated carbocycles. The number of hydrogen-bond donors (Lipinski definition) is 2. The topological polar surface area (TPSA) is 86.6 Å². The van der Waals surface area contributed by atoms with Crippen LogP contribution < -0.4 is 15.0 Å². The van der Waals surface area contributed by atoms with Gasteiger partial charge >= 0.3 is 6.01 Å². The first kappa shape index (κ1) is 30.8. The van der Waals surface area contributed by atoms with Gasteiger partial charge < -0.3 is 14.7 Å². The highest BCUT2D eigenvalue weighted by Gasteiger charge is 2.45. The summed E-state index contributed by atoms with van der Waals surface area (Å²) < 4.78 is 80.8. The number of nitrogens with zero attached hydrogens (tertiary/aromatic N) is 5. The molecule has 0 aliphatic carbocycles. The van der Waals surface area contributed by atoms with Crippen LogP contribution in [0.25, 0.3) is 32.9 Å². The van der Waals surface area contributed by atoms with E-state index >= 15 is 8.78 Å². The van der Waals surface area contributed by atoms with Gasteiger partial charge in [0.2, 0.25) is 0 Å². The number of aromatic hydroxyl groups is 1. The molecule has 8 nitrogen and oxygen atoms in total. The molecule has 13 heteroatoms. The van der Waals surface area contributed by atoms with E-state index in [4.69, 9.17) is 9.72 Å². The Bertz CT molecular complexity index is 1800. The first-order valence-corrected chi connectivity index (χ1v) is 15.8. The zero-order valence-corrected chi connectivity index (χ0v) is 25.4. The van der Waals surface area contributed by atoms with Crippen LogP contribution >= 0.6 is 0 Å². The van der Waals surface area contributed by atoms with Crippen LogP contribution in [0, 0.1) is 17.5 Å². The van der Waals surface area contributed by atoms with Crippen molar-refractivity contribution < 1.29 is 31.8 Å². The fraction of sp³-hybridized carbons (Fsp3) is 0.485. The van der Waals surface area contributed by atoms with E-state index < -0.39 is 30.5 Å². The van der Waals surface area contributed by atoms with Crippen molar-refractivity contribution in [3.8, 4) is 23.0 Å². The molecule has 2 saturated heterocycles. The lowest BCUT2D eigenvalue weighted by Crippen LogP contribution is -2.44. The average molecular weight is 643 g/mol. The SMILES string of the molecule is CC1CCCc2nc(-c3cc(O)cc4ccc(F)c(F)c34)c(F)c3nc(OCC45CCCN4CCC5)nc(c23)N1CC(F)NCF. The first-order valence-electron chi connectivity index (χ1n) is 15.8. The minimum Gasteiger partial charge on any atom is -0.508 e. The number of benzene rings is 2. The standard InChI is InChI=1S/C33H35F5N6O2/c1-18-5-2-6-23-26-30(28(38)29(40-23)21-14-20(45)13-19-7-8-22(35)27(37)25(19)21)41-32(42-31(26)44(18)15-24(36)39-17-34)46-16-33-9-3-11-43(33)12-4-10-33/h7-8,13-14,18,24,39,45H,2-6,9-12,15-17H2,1H3. The Morgan fingerprint density at radius 2 is 1.83 bits per heavy atom. The lowest BCUT2D eigenvalue weighted by molar-refractivity contribution is 0.108. The zero-order chi connectivity index (χ0) is 32.2. The van der Waals surface area contributed by atoms with Crippen LogP contribution in [0.5, 0.6) is 11.8 Å². The van der Waals surface area contributed by atoms with Gasteiger partial charge in [-0.2, -0.15) is 9.97 Å². The Kier molecular flexibility index (Phi) is 8.08. The minimum atomic E-state index is -1.75. The second kappa shape index (κ2) is 12.1. The van der Waals surface area contributed by atoms with Gasteiger partial charge in [-0.05, 0) is 88.5 Å². The smallest absolute Gasteiger partial charge is 0.319 e. The van der Waals surface area contributed by atoms with Gasteiger partial charge in [0.15, 0.2) is 23.7 Å². The normalized spacial score (nSPS) is 20.2. The molecule has 0 spiro atoms. The van der Waals surface area contributed by atoms with Crippen LogP contribution in [0.3, 0.4) is 0 Å². The van der Waals surface area contributed by atoms with E-state index in [0.29, 0.717) is 25.0 Å². The number of phenolic OH excluding ortho intramolecular Hbond substituents is 1. The van der Waals surface area contributed by atoms with Crippen molar-refractivity contribution in [3.63, 3.8) is 0 Å². The van der Waals surface area contributed by atoms with Crippen LogP contribution in [0.15, 0.2) is 24.3 Å².